The fraction of sp³-hybridized carbons (Fsp3) is 0.455. The van der Waals surface area contributed by atoms with Crippen molar-refractivity contribution in [3.05, 3.63) is 45.2 Å². The van der Waals surface area contributed by atoms with Crippen LogP contribution in [0.1, 0.15) is 32.8 Å². The highest BCUT2D eigenvalue weighted by Gasteiger charge is 2.27. The largest absolute Gasteiger partial charge is 0.466 e. The average Bonchev–Trinajstić information content (AvgIpc) is 3.01. The fourth-order valence-electron chi connectivity index (χ4n) is 3.63. The minimum atomic E-state index is -0.561. The summed E-state index contributed by atoms with van der Waals surface area (Å²) in [5.74, 6) is -0.272. The van der Waals surface area contributed by atoms with E-state index in [1.54, 1.807) is 4.57 Å². The van der Waals surface area contributed by atoms with Gasteiger partial charge in [0, 0.05) is 33.3 Å². The molecular weight excluding hydrogens is 483 g/mol. The third-order valence-corrected chi connectivity index (χ3v) is 5.93. The van der Waals surface area contributed by atoms with Crippen LogP contribution in [0.25, 0.3) is 10.9 Å². The van der Waals surface area contributed by atoms with Gasteiger partial charge in [0.1, 0.15) is 5.60 Å². The number of esters is 1. The van der Waals surface area contributed by atoms with Crippen LogP contribution in [0.2, 0.25) is 0 Å². The van der Waals surface area contributed by atoms with Gasteiger partial charge in [0.25, 0.3) is 0 Å². The van der Waals surface area contributed by atoms with Crippen molar-refractivity contribution < 1.29 is 19.1 Å². The summed E-state index contributed by atoms with van der Waals surface area (Å²) in [5, 5.41) is 1.08. The normalized spacial score (nSPS) is 17.9. The number of hydrogen-bond donors (Lipinski definition) is 0. The van der Waals surface area contributed by atoms with Gasteiger partial charge in [-0.25, -0.2) is 9.59 Å². The quantitative estimate of drug-likeness (QED) is 0.454. The van der Waals surface area contributed by atoms with E-state index in [0.29, 0.717) is 12.1 Å². The second-order valence-electron chi connectivity index (χ2n) is 8.37. The highest BCUT2D eigenvalue weighted by Crippen LogP contribution is 2.30. The van der Waals surface area contributed by atoms with Crippen LogP contribution in [0.15, 0.2) is 36.0 Å². The molecule has 1 aromatic heterocycles. The Kier molecular flexibility index (Phi) is 6.38. The van der Waals surface area contributed by atoms with E-state index in [0.717, 1.165) is 32.9 Å². The number of halogens is 1. The van der Waals surface area contributed by atoms with Crippen LogP contribution in [0.3, 0.4) is 0 Å². The summed E-state index contributed by atoms with van der Waals surface area (Å²) in [6.45, 7) is 6.15. The van der Waals surface area contributed by atoms with Crippen molar-refractivity contribution >= 4 is 45.6 Å². The Morgan fingerprint density at radius 3 is 2.62 bits per heavy atom. The van der Waals surface area contributed by atoms with Gasteiger partial charge in [0.2, 0.25) is 0 Å². The fourth-order valence-corrected chi connectivity index (χ4v) is 4.46. The van der Waals surface area contributed by atoms with Crippen LogP contribution in [0.4, 0.5) is 4.79 Å². The lowest BCUT2D eigenvalue weighted by Crippen LogP contribution is -2.39. The molecule has 1 aliphatic rings. The number of rotatable bonds is 3. The number of likely N-dealkylation sites (N-methyl/N-ethyl adjacent to an activating group) is 1. The maximum Gasteiger partial charge on any atom is 0.419 e. The molecule has 1 aromatic carbocycles. The van der Waals surface area contributed by atoms with Gasteiger partial charge in [0.15, 0.2) is 0 Å². The Labute approximate surface area is 185 Å². The number of fused-ring (bicyclic) bond motifs is 1. The second-order valence-corrected chi connectivity index (χ2v) is 9.53. The molecule has 2 heterocycles. The lowest BCUT2D eigenvalue weighted by Gasteiger charge is -2.31. The number of hydrogen-bond acceptors (Lipinski definition) is 5. The van der Waals surface area contributed by atoms with E-state index in [9.17, 15) is 9.59 Å². The van der Waals surface area contributed by atoms with E-state index in [4.69, 9.17) is 9.47 Å². The van der Waals surface area contributed by atoms with Gasteiger partial charge in [-0.15, -0.1) is 0 Å². The molecule has 2 aromatic rings. The van der Waals surface area contributed by atoms with E-state index in [1.807, 2.05) is 58.3 Å². The van der Waals surface area contributed by atoms with Crippen molar-refractivity contribution in [1.29, 1.82) is 0 Å². The van der Waals surface area contributed by atoms with Crippen LogP contribution < -0.4 is 0 Å². The maximum atomic E-state index is 12.8. The predicted molar refractivity (Wildman–Crippen MR) is 121 cm³/mol. The maximum absolute atomic E-state index is 12.8. The molecule has 1 atom stereocenters. The van der Waals surface area contributed by atoms with Gasteiger partial charge in [-0.05, 0) is 80.9 Å². The summed E-state index contributed by atoms with van der Waals surface area (Å²) in [5.41, 5.74) is 2.08. The van der Waals surface area contributed by atoms with Crippen molar-refractivity contribution in [1.82, 2.24) is 9.47 Å². The number of benzene rings is 1. The molecular formula is C22H27IN2O4. The highest BCUT2D eigenvalue weighted by atomic mass is 127. The van der Waals surface area contributed by atoms with Crippen LogP contribution in [-0.2, 0) is 20.7 Å². The zero-order chi connectivity index (χ0) is 21.3. The molecule has 6 nitrogen and oxygen atoms in total. The van der Waals surface area contributed by atoms with Crippen molar-refractivity contribution in [2.75, 3.05) is 20.7 Å². The van der Waals surface area contributed by atoms with E-state index in [-0.39, 0.29) is 18.1 Å². The molecule has 0 spiro atoms. The number of nitrogens with zero attached hydrogens (tertiary/aromatic N) is 2. The lowest BCUT2D eigenvalue weighted by atomic mass is 9.96. The molecule has 0 saturated carbocycles. The van der Waals surface area contributed by atoms with Crippen molar-refractivity contribution in [3.8, 4) is 0 Å². The summed E-state index contributed by atoms with van der Waals surface area (Å²) >= 11 is 2.31. The molecule has 0 amide bonds. The van der Waals surface area contributed by atoms with E-state index >= 15 is 0 Å². The Balaban J connectivity index is 1.93. The predicted octanol–water partition coefficient (Wildman–Crippen LogP) is 4.38. The van der Waals surface area contributed by atoms with Gasteiger partial charge in [0.05, 0.1) is 12.6 Å². The third-order valence-electron chi connectivity index (χ3n) is 5.03. The summed E-state index contributed by atoms with van der Waals surface area (Å²) in [6.07, 6.45) is 5.01. The average molecular weight is 510 g/mol. The summed E-state index contributed by atoms with van der Waals surface area (Å²) in [6, 6.07) is 6.18. The lowest BCUT2D eigenvalue weighted by molar-refractivity contribution is -0.136. The molecule has 0 unspecified atom stereocenters. The van der Waals surface area contributed by atoms with Gasteiger partial charge in [-0.3, -0.25) is 9.47 Å². The molecule has 7 heteroatoms. The van der Waals surface area contributed by atoms with Crippen LogP contribution in [0, 0.1) is 3.57 Å². The summed E-state index contributed by atoms with van der Waals surface area (Å²) in [7, 11) is 3.42. The van der Waals surface area contributed by atoms with E-state index in [2.05, 4.69) is 27.5 Å². The molecule has 29 heavy (non-hydrogen) atoms. The minimum absolute atomic E-state index is 0.233. The monoisotopic (exact) mass is 510 g/mol. The summed E-state index contributed by atoms with van der Waals surface area (Å²) < 4.78 is 13.2. The standard InChI is InChI=1S/C22H27IN2O4/c1-22(2,3)29-21(27)25-13-15(19-17(23)7-6-8-18(19)25)11-16-10-9-14(12-24(16)4)20(26)28-5/h6-9,13,16H,10-12H2,1-5H3/t16-/m0/s1. The van der Waals surface area contributed by atoms with Gasteiger partial charge >= 0.3 is 12.1 Å². The third kappa shape index (κ3) is 4.83. The molecule has 1 aliphatic heterocycles. The highest BCUT2D eigenvalue weighted by molar-refractivity contribution is 14.1. The number of ether oxygens (including phenoxy) is 2. The molecule has 0 fully saturated rings. The van der Waals surface area contributed by atoms with Gasteiger partial charge in [-0.2, -0.15) is 0 Å². The van der Waals surface area contributed by atoms with Crippen LogP contribution >= 0.6 is 22.6 Å². The van der Waals surface area contributed by atoms with Crippen molar-refractivity contribution in [2.24, 2.45) is 0 Å². The van der Waals surface area contributed by atoms with Gasteiger partial charge in [-0.1, -0.05) is 12.1 Å². The molecule has 0 saturated heterocycles. The first-order valence-corrected chi connectivity index (χ1v) is 10.7. The molecule has 0 bridgehead atoms. The first kappa shape index (κ1) is 21.8. The van der Waals surface area contributed by atoms with Crippen LogP contribution in [0.5, 0.6) is 0 Å². The smallest absolute Gasteiger partial charge is 0.419 e. The first-order chi connectivity index (χ1) is 13.6. The molecule has 156 valence electrons. The van der Waals surface area contributed by atoms with Gasteiger partial charge < -0.3 is 9.47 Å². The second kappa shape index (κ2) is 8.47. The molecule has 3 rings (SSSR count). The zero-order valence-corrected chi connectivity index (χ0v) is 19.6. The van der Waals surface area contributed by atoms with Crippen LogP contribution in [-0.4, -0.2) is 53.9 Å². The topological polar surface area (TPSA) is 60.8 Å². The Bertz CT molecular complexity index is 971. The Morgan fingerprint density at radius 2 is 2.00 bits per heavy atom. The SMILES string of the molecule is COC(=O)C1=CC[C@@H](Cc2cn(C(=O)OC(C)(C)C)c3cccc(I)c23)N(C)C1. The first-order valence-electron chi connectivity index (χ1n) is 9.60. The Morgan fingerprint density at radius 1 is 1.28 bits per heavy atom. The number of methoxy groups -OCH3 is 1. The van der Waals surface area contributed by atoms with Crippen molar-refractivity contribution in [2.45, 2.75) is 45.3 Å². The number of carbonyl (C=O) groups excluding carboxylic acids is 2. The van der Waals surface area contributed by atoms with E-state index in [1.165, 1.54) is 7.11 Å². The Hall–Kier alpha value is -1.87. The van der Waals surface area contributed by atoms with E-state index < -0.39 is 5.60 Å². The molecule has 0 N–H and O–H groups in total. The number of aromatic nitrogens is 1. The van der Waals surface area contributed by atoms with Crippen molar-refractivity contribution in [3.63, 3.8) is 0 Å². The summed E-state index contributed by atoms with van der Waals surface area (Å²) in [4.78, 5) is 26.8. The molecule has 0 radical (unpaired) electrons. The minimum Gasteiger partial charge on any atom is -0.466 e. The zero-order valence-electron chi connectivity index (χ0n) is 17.5. The number of carbonyl (C=O) groups is 2. The molecule has 0 aliphatic carbocycles.